The molecule has 0 spiro atoms. The minimum atomic E-state index is -0.0536. The second kappa shape index (κ2) is 6.71. The van der Waals surface area contributed by atoms with Crippen molar-refractivity contribution < 1.29 is 9.59 Å². The van der Waals surface area contributed by atoms with Crippen LogP contribution in [0, 0.1) is 5.92 Å². The highest BCUT2D eigenvalue weighted by molar-refractivity contribution is 5.95. The van der Waals surface area contributed by atoms with Crippen LogP contribution in [-0.4, -0.2) is 11.8 Å². The van der Waals surface area contributed by atoms with Crippen LogP contribution < -0.4 is 10.6 Å². The Balaban J connectivity index is 1.37. The lowest BCUT2D eigenvalue weighted by Crippen LogP contribution is -2.23. The Morgan fingerprint density at radius 2 is 1.84 bits per heavy atom. The fourth-order valence-corrected chi connectivity index (χ4v) is 3.35. The number of anilines is 1. The molecule has 4 rings (SSSR count). The number of nitrogens with one attached hydrogen (secondary N) is 2. The number of amides is 2. The van der Waals surface area contributed by atoms with E-state index in [1.807, 2.05) is 36.4 Å². The van der Waals surface area contributed by atoms with E-state index in [0.717, 1.165) is 42.5 Å². The van der Waals surface area contributed by atoms with Gasteiger partial charge in [-0.15, -0.1) is 0 Å². The Labute approximate surface area is 147 Å². The van der Waals surface area contributed by atoms with E-state index < -0.39 is 0 Å². The third-order valence-corrected chi connectivity index (χ3v) is 4.96. The predicted molar refractivity (Wildman–Crippen MR) is 97.4 cm³/mol. The van der Waals surface area contributed by atoms with Gasteiger partial charge in [0, 0.05) is 23.7 Å². The van der Waals surface area contributed by atoms with Crippen molar-refractivity contribution in [1.29, 1.82) is 0 Å². The number of carbonyl (C=O) groups excluding carboxylic acids is 2. The van der Waals surface area contributed by atoms with Crippen LogP contribution in [0.5, 0.6) is 0 Å². The summed E-state index contributed by atoms with van der Waals surface area (Å²) in [6.45, 7) is 0.447. The van der Waals surface area contributed by atoms with E-state index in [-0.39, 0.29) is 17.7 Å². The van der Waals surface area contributed by atoms with Crippen LogP contribution in [0.25, 0.3) is 0 Å². The second-order valence-electron chi connectivity index (χ2n) is 6.98. The molecule has 2 aliphatic rings. The van der Waals surface area contributed by atoms with Crippen LogP contribution in [0.1, 0.15) is 46.3 Å². The van der Waals surface area contributed by atoms with Crippen LogP contribution in [0.15, 0.2) is 42.5 Å². The van der Waals surface area contributed by atoms with Crippen LogP contribution in [0.3, 0.4) is 0 Å². The summed E-state index contributed by atoms with van der Waals surface area (Å²) in [5.74, 6) is 0.226. The first-order valence-corrected chi connectivity index (χ1v) is 8.99. The first-order chi connectivity index (χ1) is 12.2. The number of hydrogen-bond donors (Lipinski definition) is 2. The lowest BCUT2D eigenvalue weighted by molar-refractivity contribution is -0.117. The molecule has 0 unspecified atom stereocenters. The normalized spacial score (nSPS) is 15.5. The fourth-order valence-electron chi connectivity index (χ4n) is 3.35. The molecule has 0 heterocycles. The van der Waals surface area contributed by atoms with Gasteiger partial charge in [0.1, 0.15) is 0 Å². The Morgan fingerprint density at radius 3 is 2.68 bits per heavy atom. The molecule has 2 aliphatic carbocycles. The van der Waals surface area contributed by atoms with E-state index >= 15 is 0 Å². The molecule has 0 radical (unpaired) electrons. The molecule has 2 aromatic carbocycles. The molecular weight excluding hydrogens is 312 g/mol. The fraction of sp³-hybridized carbons (Fsp3) is 0.333. The maximum absolute atomic E-state index is 12.4. The third kappa shape index (κ3) is 3.73. The number of rotatable bonds is 5. The van der Waals surface area contributed by atoms with Gasteiger partial charge in [-0.1, -0.05) is 18.2 Å². The summed E-state index contributed by atoms with van der Waals surface area (Å²) in [5, 5.41) is 5.91. The molecule has 25 heavy (non-hydrogen) atoms. The molecule has 1 saturated carbocycles. The molecule has 4 nitrogen and oxygen atoms in total. The summed E-state index contributed by atoms with van der Waals surface area (Å²) in [4.78, 5) is 24.2. The summed E-state index contributed by atoms with van der Waals surface area (Å²) < 4.78 is 0. The van der Waals surface area contributed by atoms with Gasteiger partial charge in [-0.05, 0) is 73.1 Å². The van der Waals surface area contributed by atoms with Crippen molar-refractivity contribution in [2.45, 2.75) is 38.6 Å². The average Bonchev–Trinajstić information content (AvgIpc) is 3.37. The van der Waals surface area contributed by atoms with E-state index in [4.69, 9.17) is 0 Å². The standard InChI is InChI=1S/C21H22N2O2/c24-20(18-10-7-15-4-2-5-17(15)12-18)22-13-14-3-1-6-19(11-14)23-21(25)16-8-9-16/h1,3,6-7,10-12,16H,2,4-5,8-9,13H2,(H,22,24)(H,23,25). The Bertz CT molecular complexity index is 824. The van der Waals surface area contributed by atoms with Crippen molar-refractivity contribution in [2.75, 3.05) is 5.32 Å². The van der Waals surface area contributed by atoms with Crippen molar-refractivity contribution in [2.24, 2.45) is 5.92 Å². The number of fused-ring (bicyclic) bond motifs is 1. The van der Waals surface area contributed by atoms with Gasteiger partial charge in [-0.2, -0.15) is 0 Å². The molecule has 1 fully saturated rings. The minimum Gasteiger partial charge on any atom is -0.348 e. The maximum atomic E-state index is 12.4. The topological polar surface area (TPSA) is 58.2 Å². The van der Waals surface area contributed by atoms with Crippen LogP contribution in [0.2, 0.25) is 0 Å². The lowest BCUT2D eigenvalue weighted by Gasteiger charge is -2.09. The zero-order chi connectivity index (χ0) is 17.2. The second-order valence-corrected chi connectivity index (χ2v) is 6.98. The van der Waals surface area contributed by atoms with E-state index in [2.05, 4.69) is 16.7 Å². The van der Waals surface area contributed by atoms with Gasteiger partial charge in [-0.25, -0.2) is 0 Å². The summed E-state index contributed by atoms with van der Waals surface area (Å²) in [5.41, 5.74) is 5.16. The highest BCUT2D eigenvalue weighted by atomic mass is 16.2. The predicted octanol–water partition coefficient (Wildman–Crippen LogP) is 3.45. The SMILES string of the molecule is O=C(NCc1cccc(NC(=O)C2CC2)c1)c1ccc2c(c1)CCC2. The minimum absolute atomic E-state index is 0.0536. The van der Waals surface area contributed by atoms with Crippen LogP contribution in [0.4, 0.5) is 5.69 Å². The van der Waals surface area contributed by atoms with E-state index in [0.29, 0.717) is 6.54 Å². The molecule has 0 bridgehead atoms. The number of carbonyl (C=O) groups is 2. The Hall–Kier alpha value is -2.62. The number of hydrogen-bond acceptors (Lipinski definition) is 2. The Morgan fingerprint density at radius 1 is 1.00 bits per heavy atom. The highest BCUT2D eigenvalue weighted by Crippen LogP contribution is 2.30. The van der Waals surface area contributed by atoms with Gasteiger partial charge in [0.05, 0.1) is 0 Å². The average molecular weight is 334 g/mol. The molecule has 2 aromatic rings. The van der Waals surface area contributed by atoms with Crippen LogP contribution >= 0.6 is 0 Å². The van der Waals surface area contributed by atoms with Gasteiger partial charge in [-0.3, -0.25) is 9.59 Å². The lowest BCUT2D eigenvalue weighted by atomic mass is 10.1. The van der Waals surface area contributed by atoms with Crippen molar-refractivity contribution >= 4 is 17.5 Å². The number of benzene rings is 2. The van der Waals surface area contributed by atoms with E-state index in [1.54, 1.807) is 0 Å². The largest absolute Gasteiger partial charge is 0.348 e. The summed E-state index contributed by atoms with van der Waals surface area (Å²) >= 11 is 0. The summed E-state index contributed by atoms with van der Waals surface area (Å²) in [6.07, 6.45) is 5.35. The van der Waals surface area contributed by atoms with Gasteiger partial charge in [0.25, 0.3) is 5.91 Å². The molecular formula is C21H22N2O2. The van der Waals surface area contributed by atoms with Gasteiger partial charge >= 0.3 is 0 Å². The highest BCUT2D eigenvalue weighted by Gasteiger charge is 2.29. The molecule has 2 N–H and O–H groups in total. The van der Waals surface area contributed by atoms with Crippen LogP contribution in [-0.2, 0) is 24.2 Å². The molecule has 0 aliphatic heterocycles. The summed E-state index contributed by atoms with van der Waals surface area (Å²) in [7, 11) is 0. The monoisotopic (exact) mass is 334 g/mol. The maximum Gasteiger partial charge on any atom is 0.251 e. The van der Waals surface area contributed by atoms with Gasteiger partial charge < -0.3 is 10.6 Å². The van der Waals surface area contributed by atoms with E-state index in [1.165, 1.54) is 17.5 Å². The molecule has 128 valence electrons. The first-order valence-electron chi connectivity index (χ1n) is 8.99. The third-order valence-electron chi connectivity index (χ3n) is 4.96. The van der Waals surface area contributed by atoms with E-state index in [9.17, 15) is 9.59 Å². The smallest absolute Gasteiger partial charge is 0.251 e. The Kier molecular flexibility index (Phi) is 4.26. The molecule has 0 saturated heterocycles. The van der Waals surface area contributed by atoms with Crippen molar-refractivity contribution in [3.05, 3.63) is 64.7 Å². The zero-order valence-electron chi connectivity index (χ0n) is 14.2. The number of aryl methyl sites for hydroxylation is 2. The zero-order valence-corrected chi connectivity index (χ0v) is 14.2. The van der Waals surface area contributed by atoms with Crippen molar-refractivity contribution in [1.82, 2.24) is 5.32 Å². The molecule has 0 atom stereocenters. The summed E-state index contributed by atoms with van der Waals surface area (Å²) in [6, 6.07) is 13.7. The van der Waals surface area contributed by atoms with Crippen molar-refractivity contribution in [3.8, 4) is 0 Å². The van der Waals surface area contributed by atoms with Gasteiger partial charge in [0.15, 0.2) is 0 Å². The quantitative estimate of drug-likeness (QED) is 0.880. The molecule has 4 heteroatoms. The molecule has 2 amide bonds. The molecule has 0 aromatic heterocycles. The van der Waals surface area contributed by atoms with Gasteiger partial charge in [0.2, 0.25) is 5.91 Å². The van der Waals surface area contributed by atoms with Crippen molar-refractivity contribution in [3.63, 3.8) is 0 Å². The first kappa shape index (κ1) is 15.9.